The zero-order valence-corrected chi connectivity index (χ0v) is 8.49. The Morgan fingerprint density at radius 2 is 2.50 bits per heavy atom. The first-order chi connectivity index (χ1) is 6.77. The summed E-state index contributed by atoms with van der Waals surface area (Å²) in [6.45, 7) is 2.56. The van der Waals surface area contributed by atoms with Crippen LogP contribution < -0.4 is 0 Å². The molecule has 0 aliphatic heterocycles. The molecule has 2 atom stereocenters. The van der Waals surface area contributed by atoms with E-state index in [-0.39, 0.29) is 18.2 Å². The lowest BCUT2D eigenvalue weighted by molar-refractivity contribution is -0.164. The lowest BCUT2D eigenvalue weighted by atomic mass is 9.88. The Kier molecular flexibility index (Phi) is 2.59. The zero-order valence-electron chi connectivity index (χ0n) is 8.49. The summed E-state index contributed by atoms with van der Waals surface area (Å²) in [6, 6.07) is 0. The first-order valence-corrected chi connectivity index (χ1v) is 5.21. The average Bonchev–Trinajstić information content (AvgIpc) is 2.78. The van der Waals surface area contributed by atoms with Gasteiger partial charge in [0.15, 0.2) is 6.79 Å². The topological polar surface area (TPSA) is 35.5 Å². The van der Waals surface area contributed by atoms with Crippen LogP contribution in [0.4, 0.5) is 0 Å². The minimum absolute atomic E-state index is 0.0928. The highest BCUT2D eigenvalue weighted by molar-refractivity contribution is 5.80. The van der Waals surface area contributed by atoms with E-state index in [1.807, 2.05) is 13.0 Å². The van der Waals surface area contributed by atoms with Crippen LogP contribution in [-0.4, -0.2) is 19.4 Å². The average molecular weight is 196 g/mol. The highest BCUT2D eigenvalue weighted by Gasteiger charge is 2.47. The molecule has 0 saturated heterocycles. The van der Waals surface area contributed by atoms with Crippen LogP contribution in [0, 0.1) is 11.3 Å². The fraction of sp³-hybridized carbons (Fsp3) is 0.727. The van der Waals surface area contributed by atoms with Crippen molar-refractivity contribution >= 4 is 5.97 Å². The maximum Gasteiger partial charge on any atom is 0.318 e. The van der Waals surface area contributed by atoms with Gasteiger partial charge in [-0.25, -0.2) is 0 Å². The summed E-state index contributed by atoms with van der Waals surface area (Å²) in [5, 5.41) is 0. The van der Waals surface area contributed by atoms with Gasteiger partial charge in [-0.2, -0.15) is 0 Å². The number of carbonyl (C=O) groups excluding carboxylic acids is 1. The van der Waals surface area contributed by atoms with Crippen LogP contribution in [-0.2, 0) is 14.3 Å². The first kappa shape index (κ1) is 9.71. The standard InChI is InChI=1S/C11H16O3/c1-2-13-8-14-10(12)11-5-3-9(7-11)4-6-11/h3,5,9H,2,4,6-8H2,1H3. The summed E-state index contributed by atoms with van der Waals surface area (Å²) in [5.74, 6) is 0.497. The van der Waals surface area contributed by atoms with Crippen LogP contribution in [0.25, 0.3) is 0 Å². The van der Waals surface area contributed by atoms with E-state index >= 15 is 0 Å². The molecule has 1 saturated carbocycles. The summed E-state index contributed by atoms with van der Waals surface area (Å²) in [7, 11) is 0. The van der Waals surface area contributed by atoms with Crippen LogP contribution in [0.1, 0.15) is 26.2 Å². The highest BCUT2D eigenvalue weighted by Crippen LogP contribution is 2.49. The van der Waals surface area contributed by atoms with Gasteiger partial charge in [0.1, 0.15) is 0 Å². The number of esters is 1. The number of carbonyl (C=O) groups is 1. The van der Waals surface area contributed by atoms with E-state index in [0.29, 0.717) is 12.5 Å². The molecule has 78 valence electrons. The molecule has 2 bridgehead atoms. The van der Waals surface area contributed by atoms with Gasteiger partial charge >= 0.3 is 5.97 Å². The van der Waals surface area contributed by atoms with E-state index in [9.17, 15) is 4.79 Å². The molecule has 0 radical (unpaired) electrons. The Balaban J connectivity index is 1.88. The van der Waals surface area contributed by atoms with Gasteiger partial charge < -0.3 is 9.47 Å². The number of ether oxygens (including phenoxy) is 2. The molecule has 3 heteroatoms. The largest absolute Gasteiger partial charge is 0.438 e. The van der Waals surface area contributed by atoms with Gasteiger partial charge in [-0.05, 0) is 32.1 Å². The van der Waals surface area contributed by atoms with Gasteiger partial charge in [-0.3, -0.25) is 4.79 Å². The minimum Gasteiger partial charge on any atom is -0.438 e. The number of rotatable bonds is 4. The van der Waals surface area contributed by atoms with Crippen LogP contribution >= 0.6 is 0 Å². The number of hydrogen-bond acceptors (Lipinski definition) is 3. The molecule has 2 aliphatic rings. The Morgan fingerprint density at radius 1 is 1.64 bits per heavy atom. The quantitative estimate of drug-likeness (QED) is 0.298. The molecule has 2 aliphatic carbocycles. The van der Waals surface area contributed by atoms with Crippen LogP contribution in [0.5, 0.6) is 0 Å². The van der Waals surface area contributed by atoms with Gasteiger partial charge in [0.2, 0.25) is 0 Å². The van der Waals surface area contributed by atoms with Crippen molar-refractivity contribution in [2.75, 3.05) is 13.4 Å². The van der Waals surface area contributed by atoms with Crippen molar-refractivity contribution in [1.29, 1.82) is 0 Å². The van der Waals surface area contributed by atoms with Crippen molar-refractivity contribution in [3.8, 4) is 0 Å². The van der Waals surface area contributed by atoms with Gasteiger partial charge in [-0.15, -0.1) is 0 Å². The molecule has 0 amide bonds. The molecule has 0 heterocycles. The Morgan fingerprint density at radius 3 is 3.00 bits per heavy atom. The van der Waals surface area contributed by atoms with Gasteiger partial charge in [0.05, 0.1) is 5.41 Å². The van der Waals surface area contributed by atoms with E-state index in [2.05, 4.69) is 6.08 Å². The SMILES string of the molecule is CCOCOC(=O)C12C=CC(CC1)C2. The monoisotopic (exact) mass is 196 g/mol. The fourth-order valence-electron chi connectivity index (χ4n) is 2.33. The fourth-order valence-corrected chi connectivity index (χ4v) is 2.33. The molecule has 2 unspecified atom stereocenters. The number of fused-ring (bicyclic) bond motifs is 2. The normalized spacial score (nSPS) is 33.6. The summed E-state index contributed by atoms with van der Waals surface area (Å²) in [5.41, 5.74) is -0.304. The third-order valence-electron chi connectivity index (χ3n) is 3.16. The first-order valence-electron chi connectivity index (χ1n) is 5.21. The smallest absolute Gasteiger partial charge is 0.318 e. The molecule has 0 spiro atoms. The van der Waals surface area contributed by atoms with Crippen molar-refractivity contribution in [1.82, 2.24) is 0 Å². The Bertz CT molecular complexity index is 259. The third-order valence-corrected chi connectivity index (χ3v) is 3.16. The van der Waals surface area contributed by atoms with Crippen molar-refractivity contribution in [2.45, 2.75) is 26.2 Å². The second kappa shape index (κ2) is 3.73. The second-order valence-electron chi connectivity index (χ2n) is 4.06. The van der Waals surface area contributed by atoms with Crippen LogP contribution in [0.15, 0.2) is 12.2 Å². The Hall–Kier alpha value is -0.830. The number of hydrogen-bond donors (Lipinski definition) is 0. The van der Waals surface area contributed by atoms with E-state index < -0.39 is 0 Å². The van der Waals surface area contributed by atoms with E-state index in [1.54, 1.807) is 0 Å². The predicted molar refractivity (Wildman–Crippen MR) is 51.5 cm³/mol. The van der Waals surface area contributed by atoms with Crippen molar-refractivity contribution in [3.63, 3.8) is 0 Å². The summed E-state index contributed by atoms with van der Waals surface area (Å²) in [4.78, 5) is 11.7. The number of allylic oxidation sites excluding steroid dienone is 1. The van der Waals surface area contributed by atoms with Crippen molar-refractivity contribution in [3.05, 3.63) is 12.2 Å². The summed E-state index contributed by atoms with van der Waals surface area (Å²) < 4.78 is 10.1. The zero-order chi connectivity index (χ0) is 10.0. The van der Waals surface area contributed by atoms with Gasteiger partial charge in [0.25, 0.3) is 0 Å². The van der Waals surface area contributed by atoms with Gasteiger partial charge in [0, 0.05) is 6.61 Å². The molecular weight excluding hydrogens is 180 g/mol. The van der Waals surface area contributed by atoms with E-state index in [4.69, 9.17) is 9.47 Å². The summed E-state index contributed by atoms with van der Waals surface area (Å²) in [6.07, 6.45) is 7.18. The molecule has 0 N–H and O–H groups in total. The lowest BCUT2D eigenvalue weighted by Gasteiger charge is -2.20. The molecule has 3 nitrogen and oxygen atoms in total. The second-order valence-corrected chi connectivity index (χ2v) is 4.06. The van der Waals surface area contributed by atoms with E-state index in [0.717, 1.165) is 19.3 Å². The molecule has 1 fully saturated rings. The molecule has 0 aromatic heterocycles. The maximum absolute atomic E-state index is 11.7. The van der Waals surface area contributed by atoms with Crippen LogP contribution in [0.2, 0.25) is 0 Å². The van der Waals surface area contributed by atoms with Crippen molar-refractivity contribution in [2.24, 2.45) is 11.3 Å². The van der Waals surface area contributed by atoms with Crippen molar-refractivity contribution < 1.29 is 14.3 Å². The molecule has 0 aromatic carbocycles. The minimum atomic E-state index is -0.304. The maximum atomic E-state index is 11.7. The summed E-state index contributed by atoms with van der Waals surface area (Å²) >= 11 is 0. The Labute approximate surface area is 84.1 Å². The molecule has 14 heavy (non-hydrogen) atoms. The molecule has 2 rings (SSSR count). The highest BCUT2D eigenvalue weighted by atomic mass is 16.7. The van der Waals surface area contributed by atoms with E-state index in [1.165, 1.54) is 0 Å². The van der Waals surface area contributed by atoms with Crippen LogP contribution in [0.3, 0.4) is 0 Å². The third kappa shape index (κ3) is 1.57. The predicted octanol–water partition coefficient (Wildman–Crippen LogP) is 1.88. The lowest BCUT2D eigenvalue weighted by Crippen LogP contribution is -2.27. The molecular formula is C11H16O3. The van der Waals surface area contributed by atoms with Gasteiger partial charge in [-0.1, -0.05) is 12.2 Å². The molecule has 0 aromatic rings.